The van der Waals surface area contributed by atoms with Crippen molar-refractivity contribution in [1.82, 2.24) is 9.80 Å². The zero-order chi connectivity index (χ0) is 16.1. The quantitative estimate of drug-likeness (QED) is 0.814. The highest BCUT2D eigenvalue weighted by Crippen LogP contribution is 2.31. The van der Waals surface area contributed by atoms with Crippen LogP contribution in [0.25, 0.3) is 0 Å². The molecule has 0 spiro atoms. The predicted octanol–water partition coefficient (Wildman–Crippen LogP) is 0.301. The molecular weight excluding hydrogens is 288 g/mol. The van der Waals surface area contributed by atoms with Crippen molar-refractivity contribution in [2.24, 2.45) is 0 Å². The van der Waals surface area contributed by atoms with Crippen LogP contribution < -0.4 is 9.47 Å². The van der Waals surface area contributed by atoms with Crippen LogP contribution >= 0.6 is 0 Å². The summed E-state index contributed by atoms with van der Waals surface area (Å²) in [5.74, 6) is -0.345. The maximum absolute atomic E-state index is 12.5. The molecule has 1 aliphatic heterocycles. The van der Waals surface area contributed by atoms with Gasteiger partial charge in [-0.1, -0.05) is 12.1 Å². The predicted molar refractivity (Wildman–Crippen MR) is 79.1 cm³/mol. The van der Waals surface area contributed by atoms with Gasteiger partial charge in [-0.25, -0.2) is 0 Å². The van der Waals surface area contributed by atoms with Gasteiger partial charge in [0.1, 0.15) is 13.2 Å². The highest BCUT2D eigenvalue weighted by Gasteiger charge is 2.31. The standard InChI is InChI=1S/C15H20N2O5/c1-16(2)7-8-17(9-14(18)19)15(20)13-10-21-11-5-3-4-6-12(11)22-13/h3-6,13H,7-10H2,1-2H3,(H,18,19)/t13-/m1/s1. The van der Waals surface area contributed by atoms with Crippen LogP contribution in [0.15, 0.2) is 24.3 Å². The average Bonchev–Trinajstić information content (AvgIpc) is 2.49. The number of amides is 1. The number of ether oxygens (including phenoxy) is 2. The lowest BCUT2D eigenvalue weighted by molar-refractivity contribution is -0.149. The Balaban J connectivity index is 2.05. The molecule has 0 saturated carbocycles. The van der Waals surface area contributed by atoms with E-state index >= 15 is 0 Å². The van der Waals surface area contributed by atoms with Gasteiger partial charge in [-0.3, -0.25) is 9.59 Å². The third kappa shape index (κ3) is 4.11. The molecule has 1 aromatic rings. The van der Waals surface area contributed by atoms with Crippen molar-refractivity contribution < 1.29 is 24.2 Å². The number of carboxylic acids is 1. The Morgan fingerprint density at radius 2 is 1.91 bits per heavy atom. The minimum absolute atomic E-state index is 0.0773. The third-order valence-corrected chi connectivity index (χ3v) is 3.24. The Labute approximate surface area is 129 Å². The molecule has 0 aromatic heterocycles. The van der Waals surface area contributed by atoms with Crippen LogP contribution in [0.1, 0.15) is 0 Å². The summed E-state index contributed by atoms with van der Waals surface area (Å²) in [6.45, 7) is 0.616. The summed E-state index contributed by atoms with van der Waals surface area (Å²) in [6, 6.07) is 7.08. The Bertz CT molecular complexity index is 546. The SMILES string of the molecule is CN(C)CCN(CC(=O)O)C(=O)[C@H]1COc2ccccc2O1. The van der Waals surface area contributed by atoms with E-state index in [1.807, 2.05) is 25.1 Å². The van der Waals surface area contributed by atoms with Crippen molar-refractivity contribution in [1.29, 1.82) is 0 Å². The van der Waals surface area contributed by atoms with Gasteiger partial charge in [0, 0.05) is 13.1 Å². The molecule has 1 N–H and O–H groups in total. The molecular formula is C15H20N2O5. The molecule has 1 atom stereocenters. The molecule has 1 aromatic carbocycles. The van der Waals surface area contributed by atoms with Gasteiger partial charge in [0.05, 0.1) is 0 Å². The number of aliphatic carboxylic acids is 1. The maximum Gasteiger partial charge on any atom is 0.323 e. The highest BCUT2D eigenvalue weighted by atomic mass is 16.6. The second kappa shape index (κ2) is 7.13. The number of carbonyl (C=O) groups excluding carboxylic acids is 1. The van der Waals surface area contributed by atoms with E-state index < -0.39 is 12.1 Å². The number of likely N-dealkylation sites (N-methyl/N-ethyl adjacent to an activating group) is 1. The molecule has 0 fully saturated rings. The van der Waals surface area contributed by atoms with Crippen molar-refractivity contribution in [2.45, 2.75) is 6.10 Å². The largest absolute Gasteiger partial charge is 0.485 e. The molecule has 22 heavy (non-hydrogen) atoms. The number of carbonyl (C=O) groups is 2. The lowest BCUT2D eigenvalue weighted by atomic mass is 10.2. The number of fused-ring (bicyclic) bond motifs is 1. The molecule has 7 nitrogen and oxygen atoms in total. The summed E-state index contributed by atoms with van der Waals surface area (Å²) in [5.41, 5.74) is 0. The fraction of sp³-hybridized carbons (Fsp3) is 0.467. The highest BCUT2D eigenvalue weighted by molar-refractivity contribution is 5.85. The van der Waals surface area contributed by atoms with E-state index in [2.05, 4.69) is 0 Å². The molecule has 1 heterocycles. The Morgan fingerprint density at radius 1 is 1.23 bits per heavy atom. The Kier molecular flexibility index (Phi) is 5.21. The van der Waals surface area contributed by atoms with Gasteiger partial charge in [-0.05, 0) is 26.2 Å². The minimum Gasteiger partial charge on any atom is -0.485 e. The van der Waals surface area contributed by atoms with Gasteiger partial charge in [0.25, 0.3) is 5.91 Å². The first-order valence-electron chi connectivity index (χ1n) is 7.01. The smallest absolute Gasteiger partial charge is 0.323 e. The fourth-order valence-electron chi connectivity index (χ4n) is 2.10. The molecule has 0 aliphatic carbocycles. The topological polar surface area (TPSA) is 79.3 Å². The fourth-order valence-corrected chi connectivity index (χ4v) is 2.10. The maximum atomic E-state index is 12.5. The second-order valence-electron chi connectivity index (χ2n) is 5.32. The van der Waals surface area contributed by atoms with E-state index in [0.717, 1.165) is 0 Å². The van der Waals surface area contributed by atoms with E-state index in [-0.39, 0.29) is 19.1 Å². The normalized spacial score (nSPS) is 16.4. The van der Waals surface area contributed by atoms with Crippen LogP contribution in [-0.4, -0.2) is 73.2 Å². The van der Waals surface area contributed by atoms with E-state index in [9.17, 15) is 9.59 Å². The van der Waals surface area contributed by atoms with Crippen LogP contribution in [0.3, 0.4) is 0 Å². The van der Waals surface area contributed by atoms with Gasteiger partial charge >= 0.3 is 5.97 Å². The number of carboxylic acid groups (broad SMARTS) is 1. The molecule has 120 valence electrons. The zero-order valence-corrected chi connectivity index (χ0v) is 12.7. The van der Waals surface area contributed by atoms with E-state index in [1.165, 1.54) is 4.90 Å². The molecule has 1 amide bonds. The van der Waals surface area contributed by atoms with Crippen LogP contribution in [0, 0.1) is 0 Å². The second-order valence-corrected chi connectivity index (χ2v) is 5.32. The van der Waals surface area contributed by atoms with Gasteiger partial charge in [0.15, 0.2) is 11.5 Å². The number of benzene rings is 1. The number of hydrogen-bond donors (Lipinski definition) is 1. The van der Waals surface area contributed by atoms with Gasteiger partial charge < -0.3 is 24.4 Å². The number of hydrogen-bond acceptors (Lipinski definition) is 5. The van der Waals surface area contributed by atoms with E-state index in [0.29, 0.717) is 24.6 Å². The molecule has 0 saturated heterocycles. The number of para-hydroxylation sites is 2. The van der Waals surface area contributed by atoms with E-state index in [1.54, 1.807) is 18.2 Å². The number of nitrogens with zero attached hydrogens (tertiary/aromatic N) is 2. The summed E-state index contributed by atoms with van der Waals surface area (Å²) < 4.78 is 11.1. The molecule has 7 heteroatoms. The van der Waals surface area contributed by atoms with Crippen molar-refractivity contribution in [3.8, 4) is 11.5 Å². The molecule has 0 radical (unpaired) electrons. The van der Waals surface area contributed by atoms with Gasteiger partial charge in [-0.2, -0.15) is 0 Å². The van der Waals surface area contributed by atoms with Crippen LogP contribution in [-0.2, 0) is 9.59 Å². The summed E-state index contributed by atoms with van der Waals surface area (Å²) in [4.78, 5) is 26.6. The average molecular weight is 308 g/mol. The molecule has 1 aliphatic rings. The van der Waals surface area contributed by atoms with Crippen molar-refractivity contribution in [2.75, 3.05) is 40.3 Å². The lowest BCUT2D eigenvalue weighted by Gasteiger charge is -2.30. The Hall–Kier alpha value is -2.28. The van der Waals surface area contributed by atoms with E-state index in [4.69, 9.17) is 14.6 Å². The summed E-state index contributed by atoms with van der Waals surface area (Å²) in [5, 5.41) is 8.97. The van der Waals surface area contributed by atoms with Gasteiger partial charge in [0.2, 0.25) is 6.10 Å². The summed E-state index contributed by atoms with van der Waals surface area (Å²) in [7, 11) is 3.72. The number of rotatable bonds is 6. The van der Waals surface area contributed by atoms with Crippen molar-refractivity contribution in [3.05, 3.63) is 24.3 Å². The monoisotopic (exact) mass is 308 g/mol. The molecule has 2 rings (SSSR count). The van der Waals surface area contributed by atoms with Crippen LogP contribution in [0.5, 0.6) is 11.5 Å². The molecule has 0 unspecified atom stereocenters. The minimum atomic E-state index is -1.05. The lowest BCUT2D eigenvalue weighted by Crippen LogP contribution is -2.49. The van der Waals surface area contributed by atoms with Crippen LogP contribution in [0.4, 0.5) is 0 Å². The first-order chi connectivity index (χ1) is 10.5. The zero-order valence-electron chi connectivity index (χ0n) is 12.7. The molecule has 0 bridgehead atoms. The first kappa shape index (κ1) is 16.1. The van der Waals surface area contributed by atoms with Gasteiger partial charge in [-0.15, -0.1) is 0 Å². The third-order valence-electron chi connectivity index (χ3n) is 3.24. The first-order valence-corrected chi connectivity index (χ1v) is 7.01. The van der Waals surface area contributed by atoms with Crippen LogP contribution in [0.2, 0.25) is 0 Å². The van der Waals surface area contributed by atoms with Crippen molar-refractivity contribution in [3.63, 3.8) is 0 Å². The summed E-state index contributed by atoms with van der Waals surface area (Å²) >= 11 is 0. The van der Waals surface area contributed by atoms with Crippen molar-refractivity contribution >= 4 is 11.9 Å². The Morgan fingerprint density at radius 3 is 2.55 bits per heavy atom. The summed E-state index contributed by atoms with van der Waals surface area (Å²) in [6.07, 6.45) is -0.823.